The minimum atomic E-state index is -3.89. The lowest BCUT2D eigenvalue weighted by Crippen LogP contribution is -2.56. The molecule has 4 atom stereocenters. The molecule has 4 aliphatic rings. The van der Waals surface area contributed by atoms with Crippen molar-refractivity contribution >= 4 is 39.7 Å². The number of sulfonamides is 1. The number of likely N-dealkylation sites (tertiary alicyclic amines) is 1. The first-order chi connectivity index (χ1) is 21.4. The van der Waals surface area contributed by atoms with Gasteiger partial charge in [0.1, 0.15) is 23.5 Å². The molecule has 1 aromatic rings. The zero-order valence-corrected chi connectivity index (χ0v) is 25.4. The van der Waals surface area contributed by atoms with Crippen LogP contribution >= 0.6 is 0 Å². The topological polar surface area (TPSA) is 171 Å². The number of benzene rings is 1. The Morgan fingerprint density at radius 3 is 2.53 bits per heavy atom. The van der Waals surface area contributed by atoms with E-state index in [9.17, 15) is 36.8 Å². The summed E-state index contributed by atoms with van der Waals surface area (Å²) in [5, 5.41) is 4.60. The molecule has 0 spiro atoms. The third-order valence-electron chi connectivity index (χ3n) is 8.64. The van der Waals surface area contributed by atoms with Crippen molar-refractivity contribution in [2.75, 3.05) is 13.1 Å². The number of nitrogens with zero attached hydrogens (tertiary/aromatic N) is 2. The van der Waals surface area contributed by atoms with Gasteiger partial charge >= 0.3 is 6.09 Å². The Labute approximate surface area is 260 Å². The summed E-state index contributed by atoms with van der Waals surface area (Å²) in [6, 6.07) is 3.45. The molecule has 2 aliphatic carbocycles. The van der Waals surface area contributed by atoms with E-state index in [-0.39, 0.29) is 51.9 Å². The number of amides is 5. The number of hydrogen-bond donors (Lipinski definition) is 3. The van der Waals surface area contributed by atoms with Gasteiger partial charge in [-0.3, -0.25) is 28.8 Å². The number of carbonyl (C=O) groups excluding carboxylic acids is 5. The smallest absolute Gasteiger partial charge is 0.410 e. The van der Waals surface area contributed by atoms with Crippen LogP contribution in [0.2, 0.25) is 0 Å². The standard InChI is InChI=1S/C30H36FN5O8S/c1-3-19-14-30(19,28(40)34-45(42,43)21-10-11-21)33-27(39)24-13-20(16-36(24)26(38)9-6-12-32-25(37)4-2)44-29(41)35-15-18-7-5-8-23(31)22(18)17-35/h3-5,7-8,19-21,24H,1-2,6,9-17H2,(H,32,37)(H,33,39)(H,34,40)/t19-,20-,24+,30-/m1/s1. The maximum Gasteiger partial charge on any atom is 0.410 e. The van der Waals surface area contributed by atoms with Crippen molar-refractivity contribution in [1.29, 1.82) is 0 Å². The monoisotopic (exact) mass is 645 g/mol. The summed E-state index contributed by atoms with van der Waals surface area (Å²) in [6.07, 6.45) is 2.10. The lowest BCUT2D eigenvalue weighted by atomic mass is 10.1. The number of rotatable bonds is 12. The summed E-state index contributed by atoms with van der Waals surface area (Å²) >= 11 is 0. The van der Waals surface area contributed by atoms with E-state index >= 15 is 0 Å². The van der Waals surface area contributed by atoms with Crippen LogP contribution in [0.4, 0.5) is 9.18 Å². The Bertz CT molecular complexity index is 1550. The van der Waals surface area contributed by atoms with Gasteiger partial charge in [-0.05, 0) is 43.4 Å². The van der Waals surface area contributed by atoms with E-state index in [0.717, 1.165) is 6.08 Å². The van der Waals surface area contributed by atoms with E-state index < -0.39 is 74.4 Å². The Balaban J connectivity index is 1.27. The van der Waals surface area contributed by atoms with Crippen LogP contribution in [0, 0.1) is 11.7 Å². The molecule has 15 heteroatoms. The Morgan fingerprint density at radius 2 is 1.89 bits per heavy atom. The first kappa shape index (κ1) is 32.1. The van der Waals surface area contributed by atoms with Crippen molar-refractivity contribution in [1.82, 2.24) is 25.2 Å². The summed E-state index contributed by atoms with van der Waals surface area (Å²) in [5.41, 5.74) is -0.499. The molecule has 0 radical (unpaired) electrons. The number of halogens is 1. The molecular formula is C30H36FN5O8S. The Morgan fingerprint density at radius 1 is 1.13 bits per heavy atom. The normalized spacial score (nSPS) is 25.1. The van der Waals surface area contributed by atoms with E-state index in [0.29, 0.717) is 24.0 Å². The maximum absolute atomic E-state index is 14.2. The minimum absolute atomic E-state index is 0.0148. The predicted molar refractivity (Wildman–Crippen MR) is 158 cm³/mol. The predicted octanol–water partition coefficient (Wildman–Crippen LogP) is 0.999. The fraction of sp³-hybridized carbons (Fsp3) is 0.500. The molecule has 13 nitrogen and oxygen atoms in total. The van der Waals surface area contributed by atoms with E-state index in [1.807, 2.05) is 0 Å². The van der Waals surface area contributed by atoms with Gasteiger partial charge in [0.05, 0.1) is 18.3 Å². The summed E-state index contributed by atoms with van der Waals surface area (Å²) < 4.78 is 46.9. The number of nitrogens with one attached hydrogen (secondary N) is 3. The molecule has 5 rings (SSSR count). The molecule has 2 saturated carbocycles. The van der Waals surface area contributed by atoms with Gasteiger partial charge in [0.15, 0.2) is 0 Å². The van der Waals surface area contributed by atoms with Crippen molar-refractivity contribution in [2.24, 2.45) is 5.92 Å². The minimum Gasteiger partial charge on any atom is -0.444 e. The number of fused-ring (bicyclic) bond motifs is 1. The van der Waals surface area contributed by atoms with Crippen molar-refractivity contribution in [3.8, 4) is 0 Å². The number of hydrogen-bond acceptors (Lipinski definition) is 8. The van der Waals surface area contributed by atoms with Crippen LogP contribution in [0.3, 0.4) is 0 Å². The highest BCUT2D eigenvalue weighted by Crippen LogP contribution is 2.45. The highest BCUT2D eigenvalue weighted by molar-refractivity contribution is 7.91. The van der Waals surface area contributed by atoms with E-state index in [4.69, 9.17) is 4.74 Å². The average Bonchev–Trinajstić information content (AvgIpc) is 3.89. The molecular weight excluding hydrogens is 609 g/mol. The third-order valence-corrected chi connectivity index (χ3v) is 10.5. The second-order valence-electron chi connectivity index (χ2n) is 11.8. The van der Waals surface area contributed by atoms with Gasteiger partial charge in [-0.25, -0.2) is 17.6 Å². The molecule has 2 aliphatic heterocycles. The van der Waals surface area contributed by atoms with Crippen LogP contribution in [-0.4, -0.2) is 84.0 Å². The molecule has 1 saturated heterocycles. The van der Waals surface area contributed by atoms with Gasteiger partial charge < -0.3 is 20.3 Å². The number of carbonyl (C=O) groups is 5. The van der Waals surface area contributed by atoms with Crippen molar-refractivity contribution < 1.29 is 41.5 Å². The molecule has 0 bridgehead atoms. The zero-order valence-electron chi connectivity index (χ0n) is 24.6. The van der Waals surface area contributed by atoms with Crippen LogP contribution in [0.5, 0.6) is 0 Å². The maximum atomic E-state index is 14.2. The summed E-state index contributed by atoms with van der Waals surface area (Å²) in [5.74, 6) is -3.37. The van der Waals surface area contributed by atoms with Crippen molar-refractivity contribution in [2.45, 2.75) is 74.5 Å². The first-order valence-electron chi connectivity index (χ1n) is 14.8. The molecule has 0 aromatic heterocycles. The Hall–Kier alpha value is -4.27. The van der Waals surface area contributed by atoms with Crippen LogP contribution in [0.15, 0.2) is 43.5 Å². The van der Waals surface area contributed by atoms with Gasteiger partial charge in [-0.2, -0.15) is 0 Å². The van der Waals surface area contributed by atoms with Crippen LogP contribution in [0.1, 0.15) is 49.7 Å². The van der Waals surface area contributed by atoms with Gasteiger partial charge in [0.2, 0.25) is 27.7 Å². The van der Waals surface area contributed by atoms with Gasteiger partial charge in [-0.1, -0.05) is 24.8 Å². The second-order valence-corrected chi connectivity index (χ2v) is 13.8. The molecule has 3 N–H and O–H groups in total. The zero-order chi connectivity index (χ0) is 32.5. The van der Waals surface area contributed by atoms with Crippen molar-refractivity contribution in [3.05, 3.63) is 60.5 Å². The first-order valence-corrected chi connectivity index (χ1v) is 16.4. The van der Waals surface area contributed by atoms with Crippen LogP contribution < -0.4 is 15.4 Å². The molecule has 1 aromatic carbocycles. The lowest BCUT2D eigenvalue weighted by Gasteiger charge is -2.26. The van der Waals surface area contributed by atoms with E-state index in [2.05, 4.69) is 28.5 Å². The molecule has 5 amide bonds. The summed E-state index contributed by atoms with van der Waals surface area (Å²) in [4.78, 5) is 67.2. The van der Waals surface area contributed by atoms with Gasteiger partial charge in [-0.15, -0.1) is 6.58 Å². The lowest BCUT2D eigenvalue weighted by molar-refractivity contribution is -0.139. The third kappa shape index (κ3) is 6.87. The fourth-order valence-electron chi connectivity index (χ4n) is 5.82. The summed E-state index contributed by atoms with van der Waals surface area (Å²) in [7, 11) is -3.89. The van der Waals surface area contributed by atoms with E-state index in [1.165, 1.54) is 21.9 Å². The van der Waals surface area contributed by atoms with Crippen molar-refractivity contribution in [3.63, 3.8) is 0 Å². The van der Waals surface area contributed by atoms with Crippen LogP contribution in [0.25, 0.3) is 0 Å². The largest absolute Gasteiger partial charge is 0.444 e. The second kappa shape index (κ2) is 12.6. The highest BCUT2D eigenvalue weighted by atomic mass is 32.2. The SMILES string of the molecule is C=CC(=O)NCCCC(=O)N1C[C@H](OC(=O)N2Cc3cccc(F)c3C2)C[C@H]1C(=O)N[C@]1(C(=O)NS(=O)(=O)C2CC2)C[C@H]1C=C. The van der Waals surface area contributed by atoms with Gasteiger partial charge in [0, 0.05) is 37.4 Å². The number of ether oxygens (including phenoxy) is 1. The highest BCUT2D eigenvalue weighted by Gasteiger charge is 2.62. The molecule has 45 heavy (non-hydrogen) atoms. The quantitative estimate of drug-likeness (QED) is 0.172. The molecule has 3 fully saturated rings. The fourth-order valence-corrected chi connectivity index (χ4v) is 7.18. The molecule has 2 heterocycles. The van der Waals surface area contributed by atoms with Gasteiger partial charge in [0.25, 0.3) is 5.91 Å². The Kier molecular flexibility index (Phi) is 9.01. The van der Waals surface area contributed by atoms with E-state index in [1.54, 1.807) is 12.1 Å². The van der Waals surface area contributed by atoms with Crippen LogP contribution in [-0.2, 0) is 47.0 Å². The molecule has 0 unspecified atom stereocenters. The molecule has 242 valence electrons. The average molecular weight is 646 g/mol. The summed E-state index contributed by atoms with van der Waals surface area (Å²) in [6.45, 7) is 7.29.